The van der Waals surface area contributed by atoms with Crippen LogP contribution in [0.4, 0.5) is 13.2 Å². The molecule has 1 aromatic rings. The second-order valence-electron chi connectivity index (χ2n) is 7.99. The van der Waals surface area contributed by atoms with Gasteiger partial charge in [-0.3, -0.25) is 4.99 Å². The zero-order valence-electron chi connectivity index (χ0n) is 17.5. The van der Waals surface area contributed by atoms with Gasteiger partial charge in [-0.1, -0.05) is 13.8 Å². The molecule has 6 nitrogen and oxygen atoms in total. The van der Waals surface area contributed by atoms with E-state index in [0.29, 0.717) is 24.3 Å². The van der Waals surface area contributed by atoms with Gasteiger partial charge in [-0.2, -0.15) is 13.2 Å². The fourth-order valence-electron chi connectivity index (χ4n) is 4.05. The summed E-state index contributed by atoms with van der Waals surface area (Å²) in [6.07, 6.45) is 0.382. The van der Waals surface area contributed by atoms with E-state index in [2.05, 4.69) is 34.5 Å². The van der Waals surface area contributed by atoms with E-state index in [-0.39, 0.29) is 36.6 Å². The Morgan fingerprint density at radius 2 is 1.90 bits per heavy atom. The molecule has 1 aliphatic carbocycles. The van der Waals surface area contributed by atoms with Crippen LogP contribution in [-0.2, 0) is 12.6 Å². The number of halogens is 4. The Labute approximate surface area is 187 Å². The molecule has 0 saturated heterocycles. The Balaban J connectivity index is 0.00000420. The summed E-state index contributed by atoms with van der Waals surface area (Å²) in [5.41, 5.74) is -3.04. The molecular weight excluding hydrogens is 498 g/mol. The molecule has 0 aliphatic heterocycles. The zero-order valence-corrected chi connectivity index (χ0v) is 19.8. The van der Waals surface area contributed by atoms with Crippen molar-refractivity contribution in [1.29, 1.82) is 0 Å². The van der Waals surface area contributed by atoms with Gasteiger partial charge in [0.2, 0.25) is 5.60 Å². The van der Waals surface area contributed by atoms with Crippen LogP contribution in [0, 0.1) is 11.8 Å². The smallest absolute Gasteiger partial charge is 0.374 e. The number of hydrogen-bond acceptors (Lipinski definition) is 3. The fourth-order valence-corrected chi connectivity index (χ4v) is 4.05. The summed E-state index contributed by atoms with van der Waals surface area (Å²) in [6.45, 7) is 6.75. The Morgan fingerprint density at radius 3 is 2.38 bits per heavy atom. The molecule has 168 valence electrons. The summed E-state index contributed by atoms with van der Waals surface area (Å²) >= 11 is 0. The molecule has 0 bridgehead atoms. The Kier molecular flexibility index (Phi) is 9.71. The average molecular weight is 531 g/mol. The van der Waals surface area contributed by atoms with E-state index in [1.54, 1.807) is 0 Å². The standard InChI is InChI=1S/C19H32F3N5O.HI/c1-5-23-17(26-15-11-13(2)10-14(3)12-15)25-7-6-18(28,19(20,21)22)16-24-8-9-27(16)4;/h8-9,13-15,28H,5-7,10-12H2,1-4H3,(H2,23,25,26);1H. The van der Waals surface area contributed by atoms with Crippen molar-refractivity contribution >= 4 is 29.9 Å². The van der Waals surface area contributed by atoms with Gasteiger partial charge >= 0.3 is 6.18 Å². The largest absolute Gasteiger partial charge is 0.424 e. The minimum absolute atomic E-state index is 0. The number of guanidine groups is 1. The van der Waals surface area contributed by atoms with Crippen LogP contribution in [0.25, 0.3) is 0 Å². The molecular formula is C19H33F3IN5O. The highest BCUT2D eigenvalue weighted by Crippen LogP contribution is 2.40. The first-order valence-corrected chi connectivity index (χ1v) is 9.88. The molecule has 0 spiro atoms. The van der Waals surface area contributed by atoms with E-state index in [4.69, 9.17) is 0 Å². The van der Waals surface area contributed by atoms with Gasteiger partial charge < -0.3 is 20.3 Å². The third kappa shape index (κ3) is 6.73. The minimum Gasteiger partial charge on any atom is -0.374 e. The molecule has 0 radical (unpaired) electrons. The van der Waals surface area contributed by atoms with Crippen LogP contribution in [0.3, 0.4) is 0 Å². The van der Waals surface area contributed by atoms with Gasteiger partial charge in [-0.15, -0.1) is 24.0 Å². The van der Waals surface area contributed by atoms with Crippen molar-refractivity contribution in [2.24, 2.45) is 23.9 Å². The number of nitrogens with zero attached hydrogens (tertiary/aromatic N) is 3. The molecule has 3 unspecified atom stereocenters. The molecule has 3 N–H and O–H groups in total. The van der Waals surface area contributed by atoms with E-state index >= 15 is 0 Å². The zero-order chi connectivity index (χ0) is 20.9. The van der Waals surface area contributed by atoms with Crippen LogP contribution in [0.2, 0.25) is 0 Å². The molecule has 0 aromatic carbocycles. The average Bonchev–Trinajstić information content (AvgIpc) is 2.99. The molecule has 10 heteroatoms. The Hall–Kier alpha value is -1.04. The lowest BCUT2D eigenvalue weighted by molar-refractivity contribution is -0.272. The maximum absolute atomic E-state index is 13.6. The fraction of sp³-hybridized carbons (Fsp3) is 0.789. The van der Waals surface area contributed by atoms with Crippen LogP contribution in [0.5, 0.6) is 0 Å². The van der Waals surface area contributed by atoms with E-state index < -0.39 is 24.0 Å². The van der Waals surface area contributed by atoms with Crippen LogP contribution < -0.4 is 10.6 Å². The van der Waals surface area contributed by atoms with E-state index in [9.17, 15) is 18.3 Å². The van der Waals surface area contributed by atoms with Crippen molar-refractivity contribution in [2.75, 3.05) is 13.1 Å². The van der Waals surface area contributed by atoms with Crippen molar-refractivity contribution in [3.05, 3.63) is 18.2 Å². The van der Waals surface area contributed by atoms with Crippen molar-refractivity contribution in [3.63, 3.8) is 0 Å². The van der Waals surface area contributed by atoms with Crippen molar-refractivity contribution in [1.82, 2.24) is 20.2 Å². The van der Waals surface area contributed by atoms with Crippen LogP contribution in [-0.4, -0.2) is 45.9 Å². The van der Waals surface area contributed by atoms with Gasteiger partial charge in [-0.05, 0) is 38.0 Å². The molecule has 2 rings (SSSR count). The first kappa shape index (κ1) is 26.0. The maximum Gasteiger partial charge on any atom is 0.424 e. The molecule has 1 aliphatic rings. The highest BCUT2D eigenvalue weighted by Gasteiger charge is 2.57. The highest BCUT2D eigenvalue weighted by molar-refractivity contribution is 14.0. The maximum atomic E-state index is 13.6. The highest BCUT2D eigenvalue weighted by atomic mass is 127. The summed E-state index contributed by atoms with van der Waals surface area (Å²) < 4.78 is 42.0. The monoisotopic (exact) mass is 531 g/mol. The molecule has 1 saturated carbocycles. The SMILES string of the molecule is CCNC(=NCCC(O)(c1nccn1C)C(F)(F)F)NC1CC(C)CC(C)C1.I. The molecule has 1 heterocycles. The number of nitrogens with one attached hydrogen (secondary N) is 2. The molecule has 3 atom stereocenters. The quantitative estimate of drug-likeness (QED) is 0.298. The van der Waals surface area contributed by atoms with Gasteiger partial charge in [0.05, 0.1) is 0 Å². The van der Waals surface area contributed by atoms with Gasteiger partial charge in [0.25, 0.3) is 0 Å². The summed E-state index contributed by atoms with van der Waals surface area (Å²) in [4.78, 5) is 8.01. The third-order valence-electron chi connectivity index (χ3n) is 5.27. The van der Waals surface area contributed by atoms with Crippen LogP contribution in [0.15, 0.2) is 17.4 Å². The second-order valence-corrected chi connectivity index (χ2v) is 7.99. The van der Waals surface area contributed by atoms with Crippen LogP contribution in [0.1, 0.15) is 52.3 Å². The number of aliphatic imine (C=N–C) groups is 1. The number of hydrogen-bond donors (Lipinski definition) is 3. The Morgan fingerprint density at radius 1 is 1.28 bits per heavy atom. The van der Waals surface area contributed by atoms with Gasteiger partial charge in [0.15, 0.2) is 5.96 Å². The van der Waals surface area contributed by atoms with Gasteiger partial charge in [0, 0.05) is 45.0 Å². The van der Waals surface area contributed by atoms with Crippen molar-refractivity contribution < 1.29 is 18.3 Å². The van der Waals surface area contributed by atoms with Crippen LogP contribution >= 0.6 is 24.0 Å². The molecule has 1 aromatic heterocycles. The lowest BCUT2D eigenvalue weighted by Crippen LogP contribution is -2.47. The Bertz CT molecular complexity index is 657. The van der Waals surface area contributed by atoms with Crippen molar-refractivity contribution in [3.8, 4) is 0 Å². The lowest BCUT2D eigenvalue weighted by Gasteiger charge is -2.33. The van der Waals surface area contributed by atoms with Crippen molar-refractivity contribution in [2.45, 2.75) is 64.3 Å². The normalized spacial score (nSPS) is 25.1. The van der Waals surface area contributed by atoms with Gasteiger partial charge in [-0.25, -0.2) is 4.98 Å². The number of rotatable bonds is 6. The molecule has 29 heavy (non-hydrogen) atoms. The number of imidazole rings is 1. The summed E-state index contributed by atoms with van der Waals surface area (Å²) in [5, 5.41) is 16.8. The summed E-state index contributed by atoms with van der Waals surface area (Å²) in [7, 11) is 1.43. The van der Waals surface area contributed by atoms with E-state index in [1.165, 1.54) is 30.4 Å². The predicted octanol–water partition coefficient (Wildman–Crippen LogP) is 3.56. The minimum atomic E-state index is -4.85. The molecule has 0 amide bonds. The number of aryl methyl sites for hydroxylation is 1. The van der Waals surface area contributed by atoms with Gasteiger partial charge in [0.1, 0.15) is 5.82 Å². The molecule has 1 fully saturated rings. The first-order valence-electron chi connectivity index (χ1n) is 9.88. The number of alkyl halides is 3. The van der Waals surface area contributed by atoms with E-state index in [0.717, 1.165) is 12.8 Å². The lowest BCUT2D eigenvalue weighted by atomic mass is 9.80. The summed E-state index contributed by atoms with van der Waals surface area (Å²) in [5.74, 6) is 1.26. The first-order chi connectivity index (χ1) is 13.1. The second kappa shape index (κ2) is 10.8. The predicted molar refractivity (Wildman–Crippen MR) is 118 cm³/mol. The summed E-state index contributed by atoms with van der Waals surface area (Å²) in [6, 6.07) is 0.243. The topological polar surface area (TPSA) is 74.5 Å². The van der Waals surface area contributed by atoms with E-state index in [1.807, 2.05) is 6.92 Å². The number of aliphatic hydroxyl groups is 1. The third-order valence-corrected chi connectivity index (χ3v) is 5.27. The number of aromatic nitrogens is 2.